The van der Waals surface area contributed by atoms with Gasteiger partial charge in [0.15, 0.2) is 6.10 Å². The highest BCUT2D eigenvalue weighted by atomic mass is 16.8. The van der Waals surface area contributed by atoms with Crippen LogP contribution in [0.15, 0.2) is 30.5 Å². The number of aromatic nitrogens is 1. The van der Waals surface area contributed by atoms with Gasteiger partial charge in [-0.3, -0.25) is 4.57 Å². The fourth-order valence-corrected chi connectivity index (χ4v) is 2.59. The predicted molar refractivity (Wildman–Crippen MR) is 93.1 cm³/mol. The third kappa shape index (κ3) is 4.33. The lowest BCUT2D eigenvalue weighted by Crippen LogP contribution is -2.38. The Balaban J connectivity index is 1.61. The van der Waals surface area contributed by atoms with Crippen molar-refractivity contribution in [3.8, 4) is 0 Å². The zero-order valence-electron chi connectivity index (χ0n) is 14.8. The summed E-state index contributed by atoms with van der Waals surface area (Å²) in [5.74, 6) is 0. The van der Waals surface area contributed by atoms with Gasteiger partial charge in [0.25, 0.3) is 0 Å². The van der Waals surface area contributed by atoms with Crippen LogP contribution in [0.1, 0.15) is 5.56 Å². The van der Waals surface area contributed by atoms with E-state index < -0.39 is 19.0 Å². The highest BCUT2D eigenvalue weighted by molar-refractivity contribution is 5.92. The maximum absolute atomic E-state index is 12.4. The second kappa shape index (κ2) is 8.20. The summed E-state index contributed by atoms with van der Waals surface area (Å²) in [5.41, 5.74) is 1.80. The van der Waals surface area contributed by atoms with Crippen molar-refractivity contribution in [2.45, 2.75) is 12.5 Å². The maximum atomic E-state index is 12.4. The monoisotopic (exact) mass is 362 g/mol. The van der Waals surface area contributed by atoms with Crippen LogP contribution in [0.4, 0.5) is 9.59 Å². The van der Waals surface area contributed by atoms with Crippen LogP contribution in [0.3, 0.4) is 0 Å². The number of nitrogens with zero attached hydrogens (tertiary/aromatic N) is 2. The van der Waals surface area contributed by atoms with E-state index in [9.17, 15) is 9.59 Å². The van der Waals surface area contributed by atoms with Gasteiger partial charge in [0.2, 0.25) is 6.79 Å². The molecule has 3 rings (SSSR count). The summed E-state index contributed by atoms with van der Waals surface area (Å²) in [6, 6.07) is 7.61. The van der Waals surface area contributed by atoms with Crippen LogP contribution in [0.25, 0.3) is 10.9 Å². The van der Waals surface area contributed by atoms with Crippen LogP contribution < -0.4 is 0 Å². The number of fused-ring (bicyclic) bond motifs is 1. The average Bonchev–Trinajstić information content (AvgIpc) is 2.95. The first-order valence-corrected chi connectivity index (χ1v) is 8.36. The van der Waals surface area contributed by atoms with Crippen LogP contribution in [-0.2, 0) is 25.4 Å². The number of ether oxygens (including phenoxy) is 4. The van der Waals surface area contributed by atoms with Crippen LogP contribution in [0.2, 0.25) is 0 Å². The number of carbonyl (C=O) groups is 2. The Morgan fingerprint density at radius 2 is 2.00 bits per heavy atom. The summed E-state index contributed by atoms with van der Waals surface area (Å²) in [5, 5.41) is 0.997. The van der Waals surface area contributed by atoms with Gasteiger partial charge in [-0.25, -0.2) is 9.59 Å². The van der Waals surface area contributed by atoms with E-state index in [0.29, 0.717) is 13.2 Å². The highest BCUT2D eigenvalue weighted by Crippen LogP contribution is 2.22. The molecule has 1 aliphatic heterocycles. The number of para-hydroxylation sites is 1. The van der Waals surface area contributed by atoms with Crippen molar-refractivity contribution >= 4 is 23.2 Å². The molecule has 1 saturated heterocycles. The Hall–Kier alpha value is -2.58. The molecule has 0 spiro atoms. The summed E-state index contributed by atoms with van der Waals surface area (Å²) in [7, 11) is 4.00. The molecule has 1 aromatic carbocycles. The number of hydrogen-bond donors (Lipinski definition) is 0. The minimum Gasteiger partial charge on any atom is -0.426 e. The van der Waals surface area contributed by atoms with Gasteiger partial charge in [-0.1, -0.05) is 18.2 Å². The molecule has 0 saturated carbocycles. The van der Waals surface area contributed by atoms with Gasteiger partial charge in [-0.2, -0.15) is 0 Å². The van der Waals surface area contributed by atoms with Gasteiger partial charge >= 0.3 is 12.2 Å². The van der Waals surface area contributed by atoms with Crippen molar-refractivity contribution in [2.24, 2.45) is 0 Å². The molecule has 0 atom stereocenters. The molecule has 0 aliphatic carbocycles. The van der Waals surface area contributed by atoms with E-state index in [1.807, 2.05) is 38.4 Å². The molecule has 0 N–H and O–H groups in total. The first-order chi connectivity index (χ1) is 12.5. The minimum absolute atomic E-state index is 0.286. The van der Waals surface area contributed by atoms with Crippen molar-refractivity contribution in [1.82, 2.24) is 9.47 Å². The third-order valence-corrected chi connectivity index (χ3v) is 4.05. The molecule has 140 valence electrons. The second-order valence-corrected chi connectivity index (χ2v) is 6.29. The molecular weight excluding hydrogens is 340 g/mol. The summed E-state index contributed by atoms with van der Waals surface area (Å²) in [4.78, 5) is 25.9. The predicted octanol–water partition coefficient (Wildman–Crippen LogP) is 2.24. The first kappa shape index (κ1) is 18.2. The summed E-state index contributed by atoms with van der Waals surface area (Å²) < 4.78 is 21.0. The molecule has 0 amide bonds. The van der Waals surface area contributed by atoms with Crippen molar-refractivity contribution in [2.75, 3.05) is 40.6 Å². The van der Waals surface area contributed by atoms with E-state index in [1.54, 1.807) is 6.20 Å². The minimum atomic E-state index is -0.880. The van der Waals surface area contributed by atoms with Gasteiger partial charge in [-0.15, -0.1) is 0 Å². The molecule has 1 fully saturated rings. The quantitative estimate of drug-likeness (QED) is 0.576. The lowest BCUT2D eigenvalue weighted by molar-refractivity contribution is -0.121. The van der Waals surface area contributed by atoms with Crippen LogP contribution in [-0.4, -0.2) is 68.5 Å². The lowest BCUT2D eigenvalue weighted by Gasteiger charge is -2.24. The Kier molecular flexibility index (Phi) is 5.75. The number of likely N-dealkylation sites (N-methyl/N-ethyl adjacent to an activating group) is 1. The van der Waals surface area contributed by atoms with Gasteiger partial charge in [0.05, 0.1) is 18.7 Å². The van der Waals surface area contributed by atoms with E-state index in [2.05, 4.69) is 4.90 Å². The normalized spacial score (nSPS) is 14.3. The Labute approximate surface area is 151 Å². The fourth-order valence-electron chi connectivity index (χ4n) is 2.59. The number of rotatable bonds is 6. The van der Waals surface area contributed by atoms with E-state index in [1.165, 1.54) is 4.57 Å². The largest absolute Gasteiger partial charge is 0.511 e. The molecule has 1 aliphatic rings. The lowest BCUT2D eigenvalue weighted by atomic mass is 10.1. The summed E-state index contributed by atoms with van der Waals surface area (Å²) in [6.45, 7) is 1.08. The number of hydrogen-bond acceptors (Lipinski definition) is 7. The SMILES string of the molecule is CN(C)CCc1cn(C(=O)OCOC(=O)OC2COC2)c2ccccc12. The number of benzene rings is 1. The highest BCUT2D eigenvalue weighted by Gasteiger charge is 2.23. The number of carbonyl (C=O) groups excluding carboxylic acids is 2. The molecule has 0 bridgehead atoms. The van der Waals surface area contributed by atoms with Gasteiger partial charge in [0, 0.05) is 18.1 Å². The first-order valence-electron chi connectivity index (χ1n) is 8.36. The summed E-state index contributed by atoms with van der Waals surface area (Å²) >= 11 is 0. The van der Waals surface area contributed by atoms with E-state index in [4.69, 9.17) is 18.9 Å². The maximum Gasteiger partial charge on any atom is 0.511 e. The second-order valence-electron chi connectivity index (χ2n) is 6.29. The van der Waals surface area contributed by atoms with Crippen LogP contribution in [0.5, 0.6) is 0 Å². The van der Waals surface area contributed by atoms with Crippen molar-refractivity contribution in [3.05, 3.63) is 36.0 Å². The topological polar surface area (TPSA) is 79.2 Å². The molecule has 8 heteroatoms. The van der Waals surface area contributed by atoms with Gasteiger partial charge < -0.3 is 23.8 Å². The van der Waals surface area contributed by atoms with Crippen LogP contribution >= 0.6 is 0 Å². The Bertz CT molecular complexity index is 781. The molecule has 0 unspecified atom stereocenters. The Morgan fingerprint density at radius 1 is 1.23 bits per heavy atom. The standard InChI is InChI=1S/C18H22N2O6/c1-19(2)8-7-13-9-20(16-6-4-3-5-15(13)16)17(21)24-12-25-18(22)26-14-10-23-11-14/h3-6,9,14H,7-8,10-12H2,1-2H3. The Morgan fingerprint density at radius 3 is 2.69 bits per heavy atom. The third-order valence-electron chi connectivity index (χ3n) is 4.05. The summed E-state index contributed by atoms with van der Waals surface area (Å²) in [6.07, 6.45) is 0.790. The molecule has 1 aromatic heterocycles. The van der Waals surface area contributed by atoms with Crippen molar-refractivity contribution in [3.63, 3.8) is 0 Å². The molecular formula is C18H22N2O6. The fraction of sp³-hybridized carbons (Fsp3) is 0.444. The van der Waals surface area contributed by atoms with E-state index in [-0.39, 0.29) is 6.10 Å². The molecule has 2 heterocycles. The molecule has 2 aromatic rings. The van der Waals surface area contributed by atoms with E-state index >= 15 is 0 Å². The van der Waals surface area contributed by atoms with Crippen molar-refractivity contribution < 1.29 is 28.5 Å². The van der Waals surface area contributed by atoms with Crippen LogP contribution in [0, 0.1) is 0 Å². The zero-order valence-corrected chi connectivity index (χ0v) is 14.8. The van der Waals surface area contributed by atoms with Gasteiger partial charge in [0.1, 0.15) is 0 Å². The molecule has 26 heavy (non-hydrogen) atoms. The van der Waals surface area contributed by atoms with Crippen molar-refractivity contribution in [1.29, 1.82) is 0 Å². The van der Waals surface area contributed by atoms with Gasteiger partial charge in [-0.05, 0) is 32.1 Å². The average molecular weight is 362 g/mol. The zero-order chi connectivity index (χ0) is 18.5. The van der Waals surface area contributed by atoms with E-state index in [0.717, 1.165) is 29.4 Å². The smallest absolute Gasteiger partial charge is 0.426 e. The molecule has 8 nitrogen and oxygen atoms in total. The molecule has 0 radical (unpaired) electrons.